The minimum atomic E-state index is -0.355. The van der Waals surface area contributed by atoms with Gasteiger partial charge in [0.15, 0.2) is 6.61 Å². The molecule has 146 valence electrons. The van der Waals surface area contributed by atoms with Crippen molar-refractivity contribution in [1.29, 1.82) is 0 Å². The number of amides is 1. The average molecular weight is 388 g/mol. The van der Waals surface area contributed by atoms with E-state index in [-0.39, 0.29) is 29.9 Å². The first-order valence-electron chi connectivity index (χ1n) is 10.6. The van der Waals surface area contributed by atoms with Crippen LogP contribution < -0.4 is 5.32 Å². The van der Waals surface area contributed by atoms with Crippen molar-refractivity contribution in [1.82, 2.24) is 5.32 Å². The lowest BCUT2D eigenvalue weighted by Crippen LogP contribution is -2.56. The first-order valence-corrected chi connectivity index (χ1v) is 11.4. The molecule has 0 aliphatic heterocycles. The van der Waals surface area contributed by atoms with Crippen molar-refractivity contribution in [2.75, 3.05) is 6.61 Å². The number of esters is 1. The standard InChI is InChI=1S/C22H29NO3S/c1-13(22-9-14-5-15(10-22)7-16(6-14)11-22)23-20(24)12-26-21(25)19-8-17-3-2-4-18(17)27-19/h8,13-16H,2-7,9-12H2,1H3,(H,23,24)/t13-,14?,15?,16?,22?/m0/s1. The van der Waals surface area contributed by atoms with Crippen molar-refractivity contribution < 1.29 is 14.3 Å². The highest BCUT2D eigenvalue weighted by Crippen LogP contribution is 2.61. The Labute approximate surface area is 165 Å². The van der Waals surface area contributed by atoms with Gasteiger partial charge in [-0.15, -0.1) is 11.3 Å². The van der Waals surface area contributed by atoms with Crippen LogP contribution in [0.5, 0.6) is 0 Å². The van der Waals surface area contributed by atoms with Gasteiger partial charge in [-0.2, -0.15) is 0 Å². The van der Waals surface area contributed by atoms with Crippen molar-refractivity contribution in [3.05, 3.63) is 21.4 Å². The molecule has 0 spiro atoms. The molecule has 1 aromatic heterocycles. The van der Waals surface area contributed by atoms with E-state index < -0.39 is 0 Å². The maximum atomic E-state index is 12.4. The fourth-order valence-electron chi connectivity index (χ4n) is 6.78. The van der Waals surface area contributed by atoms with Crippen LogP contribution >= 0.6 is 11.3 Å². The third-order valence-corrected chi connectivity index (χ3v) is 8.88. The molecular weight excluding hydrogens is 358 g/mol. The highest BCUT2D eigenvalue weighted by atomic mass is 32.1. The molecule has 4 bridgehead atoms. The van der Waals surface area contributed by atoms with E-state index in [0.29, 0.717) is 4.88 Å². The summed E-state index contributed by atoms with van der Waals surface area (Å²) in [5, 5.41) is 3.17. The molecule has 5 heteroatoms. The van der Waals surface area contributed by atoms with Gasteiger partial charge in [-0.25, -0.2) is 4.79 Å². The molecule has 0 aromatic carbocycles. The molecule has 1 heterocycles. The lowest BCUT2D eigenvalue weighted by molar-refractivity contribution is -0.128. The Bertz CT molecular complexity index is 711. The molecule has 0 unspecified atom stereocenters. The minimum Gasteiger partial charge on any atom is -0.451 e. The zero-order chi connectivity index (χ0) is 18.6. The van der Waals surface area contributed by atoms with E-state index in [0.717, 1.165) is 30.6 Å². The molecule has 1 aromatic rings. The van der Waals surface area contributed by atoms with Gasteiger partial charge in [0.05, 0.1) is 0 Å². The molecule has 1 amide bonds. The molecule has 5 aliphatic rings. The number of carbonyl (C=O) groups excluding carboxylic acids is 2. The summed E-state index contributed by atoms with van der Waals surface area (Å²) in [5.41, 5.74) is 1.56. The first kappa shape index (κ1) is 17.7. The lowest BCUT2D eigenvalue weighted by Gasteiger charge is -2.59. The number of ether oxygens (including phenoxy) is 1. The van der Waals surface area contributed by atoms with Gasteiger partial charge in [0.25, 0.3) is 5.91 Å². The van der Waals surface area contributed by atoms with Crippen LogP contribution in [0.3, 0.4) is 0 Å². The van der Waals surface area contributed by atoms with Crippen LogP contribution in [0.1, 0.15) is 72.0 Å². The Morgan fingerprint density at radius 2 is 1.85 bits per heavy atom. The molecular formula is C22H29NO3S. The summed E-state index contributed by atoms with van der Waals surface area (Å²) < 4.78 is 5.31. The second kappa shape index (κ2) is 6.61. The van der Waals surface area contributed by atoms with E-state index in [2.05, 4.69) is 12.2 Å². The summed E-state index contributed by atoms with van der Waals surface area (Å²) in [6.45, 7) is 1.99. The normalized spacial score (nSPS) is 34.3. The number of hydrogen-bond donors (Lipinski definition) is 1. The van der Waals surface area contributed by atoms with Gasteiger partial charge in [0.2, 0.25) is 0 Å². The van der Waals surface area contributed by atoms with E-state index in [1.807, 2.05) is 6.07 Å². The van der Waals surface area contributed by atoms with Gasteiger partial charge in [-0.3, -0.25) is 4.79 Å². The molecule has 0 radical (unpaired) electrons. The lowest BCUT2D eigenvalue weighted by atomic mass is 9.48. The van der Waals surface area contributed by atoms with E-state index in [1.165, 1.54) is 66.7 Å². The van der Waals surface area contributed by atoms with Gasteiger partial charge in [0.1, 0.15) is 4.88 Å². The highest BCUT2D eigenvalue weighted by Gasteiger charge is 2.53. The SMILES string of the molecule is C[C@H](NC(=O)COC(=O)c1cc2c(s1)CCC2)C12CC3CC(CC(C3)C1)C2. The number of carbonyl (C=O) groups is 2. The Morgan fingerprint density at radius 3 is 2.48 bits per heavy atom. The molecule has 1 N–H and O–H groups in total. The van der Waals surface area contributed by atoms with Gasteiger partial charge < -0.3 is 10.1 Å². The second-order valence-corrected chi connectivity index (χ2v) is 10.7. The van der Waals surface area contributed by atoms with Crippen LogP contribution in [-0.2, 0) is 22.4 Å². The third kappa shape index (κ3) is 3.22. The highest BCUT2D eigenvalue weighted by molar-refractivity contribution is 7.14. The van der Waals surface area contributed by atoms with Crippen LogP contribution in [0.25, 0.3) is 0 Å². The minimum absolute atomic E-state index is 0.157. The first-order chi connectivity index (χ1) is 13.0. The summed E-state index contributed by atoms with van der Waals surface area (Å²) in [4.78, 5) is 26.7. The van der Waals surface area contributed by atoms with Crippen LogP contribution in [0.2, 0.25) is 0 Å². The predicted molar refractivity (Wildman–Crippen MR) is 105 cm³/mol. The summed E-state index contributed by atoms with van der Waals surface area (Å²) in [5.74, 6) is 2.10. The van der Waals surface area contributed by atoms with Gasteiger partial charge in [-0.05, 0) is 99.5 Å². The zero-order valence-corrected chi connectivity index (χ0v) is 16.9. The molecule has 27 heavy (non-hydrogen) atoms. The van der Waals surface area contributed by atoms with E-state index in [4.69, 9.17) is 4.74 Å². The average Bonchev–Trinajstić information content (AvgIpc) is 3.20. The van der Waals surface area contributed by atoms with Crippen molar-refractivity contribution in [2.24, 2.45) is 23.2 Å². The Hall–Kier alpha value is -1.36. The molecule has 4 nitrogen and oxygen atoms in total. The number of fused-ring (bicyclic) bond motifs is 1. The monoisotopic (exact) mass is 387 g/mol. The van der Waals surface area contributed by atoms with E-state index in [1.54, 1.807) is 0 Å². The van der Waals surface area contributed by atoms with Crippen molar-refractivity contribution in [2.45, 2.75) is 70.8 Å². The van der Waals surface area contributed by atoms with Crippen LogP contribution in [0.4, 0.5) is 0 Å². The predicted octanol–water partition coefficient (Wildman–Crippen LogP) is 4.11. The van der Waals surface area contributed by atoms with Crippen molar-refractivity contribution in [3.8, 4) is 0 Å². The molecule has 1 atom stereocenters. The quantitative estimate of drug-likeness (QED) is 0.774. The van der Waals surface area contributed by atoms with Crippen LogP contribution in [0, 0.1) is 23.2 Å². The summed E-state index contributed by atoms with van der Waals surface area (Å²) in [7, 11) is 0. The number of aryl methyl sites for hydroxylation is 2. The van der Waals surface area contributed by atoms with Crippen molar-refractivity contribution >= 4 is 23.2 Å². The van der Waals surface area contributed by atoms with Crippen LogP contribution in [0.15, 0.2) is 6.07 Å². The summed E-state index contributed by atoms with van der Waals surface area (Å²) in [6.07, 6.45) is 11.3. The topological polar surface area (TPSA) is 55.4 Å². The smallest absolute Gasteiger partial charge is 0.348 e. The summed E-state index contributed by atoms with van der Waals surface area (Å²) in [6, 6.07) is 2.12. The molecule has 4 saturated carbocycles. The maximum absolute atomic E-state index is 12.4. The number of thiophene rings is 1. The number of nitrogens with one attached hydrogen (secondary N) is 1. The van der Waals surface area contributed by atoms with E-state index >= 15 is 0 Å². The fourth-order valence-corrected chi connectivity index (χ4v) is 7.92. The summed E-state index contributed by atoms with van der Waals surface area (Å²) >= 11 is 1.53. The zero-order valence-electron chi connectivity index (χ0n) is 16.1. The largest absolute Gasteiger partial charge is 0.451 e. The van der Waals surface area contributed by atoms with Gasteiger partial charge >= 0.3 is 5.97 Å². The molecule has 0 saturated heterocycles. The molecule has 4 fully saturated rings. The molecule has 6 rings (SSSR count). The molecule has 5 aliphatic carbocycles. The second-order valence-electron chi connectivity index (χ2n) is 9.56. The van der Waals surface area contributed by atoms with Gasteiger partial charge in [0, 0.05) is 10.9 Å². The number of hydrogen-bond acceptors (Lipinski definition) is 4. The maximum Gasteiger partial charge on any atom is 0.348 e. The Balaban J connectivity index is 1.15. The Kier molecular flexibility index (Phi) is 4.34. The van der Waals surface area contributed by atoms with Crippen LogP contribution in [-0.4, -0.2) is 24.5 Å². The van der Waals surface area contributed by atoms with Gasteiger partial charge in [-0.1, -0.05) is 0 Å². The van der Waals surface area contributed by atoms with E-state index in [9.17, 15) is 9.59 Å². The number of rotatable bonds is 5. The third-order valence-electron chi connectivity index (χ3n) is 7.66. The van der Waals surface area contributed by atoms with Crippen molar-refractivity contribution in [3.63, 3.8) is 0 Å². The Morgan fingerprint density at radius 1 is 1.19 bits per heavy atom. The fraction of sp³-hybridized carbons (Fsp3) is 0.727.